The molecule has 1 saturated carbocycles. The van der Waals surface area contributed by atoms with Crippen LogP contribution in [0.15, 0.2) is 75.9 Å². The van der Waals surface area contributed by atoms with Gasteiger partial charge in [-0.2, -0.15) is 5.11 Å². The zero-order chi connectivity index (χ0) is 35.0. The van der Waals surface area contributed by atoms with Crippen molar-refractivity contribution < 1.29 is 14.4 Å². The second kappa shape index (κ2) is 16.4. The van der Waals surface area contributed by atoms with Crippen molar-refractivity contribution in [1.82, 2.24) is 15.3 Å². The normalized spacial score (nSPS) is 20.3. The Kier molecular flexibility index (Phi) is 11.5. The smallest absolute Gasteiger partial charge is 0.270 e. The van der Waals surface area contributed by atoms with Gasteiger partial charge in [-0.25, -0.2) is 15.0 Å². The van der Waals surface area contributed by atoms with Crippen LogP contribution in [0.3, 0.4) is 0 Å². The van der Waals surface area contributed by atoms with Gasteiger partial charge < -0.3 is 16.4 Å². The number of carbonyl (C=O) groups excluding carboxylic acids is 3. The molecule has 1 aliphatic carbocycles. The lowest BCUT2D eigenvalue weighted by Gasteiger charge is -2.28. The van der Waals surface area contributed by atoms with Gasteiger partial charge in [0.1, 0.15) is 11.5 Å². The third kappa shape index (κ3) is 8.92. The fraction of sp³-hybridized carbons (Fsp3) is 0.447. The van der Waals surface area contributed by atoms with Gasteiger partial charge in [-0.3, -0.25) is 20.2 Å². The summed E-state index contributed by atoms with van der Waals surface area (Å²) in [5.74, 6) is 6.11. The number of azo groups is 1. The number of hydrogen-bond donors (Lipinski definition) is 4. The number of piperidine rings is 1. The van der Waals surface area contributed by atoms with Gasteiger partial charge >= 0.3 is 0 Å². The summed E-state index contributed by atoms with van der Waals surface area (Å²) in [5, 5.41) is 15.8. The number of nitrogens with two attached hydrogens (primary N) is 2. The number of Topliss-reactive ketones (excluding diaryl/α,β-unsaturated/α-hetero) is 1. The Bertz CT molecular complexity index is 1720. The summed E-state index contributed by atoms with van der Waals surface area (Å²) in [4.78, 5) is 49.0. The lowest BCUT2D eigenvalue weighted by atomic mass is 9.77. The minimum Gasteiger partial charge on any atom is -0.348 e. The van der Waals surface area contributed by atoms with Gasteiger partial charge in [0.2, 0.25) is 5.91 Å². The summed E-state index contributed by atoms with van der Waals surface area (Å²) in [6.07, 6.45) is 5.80. The summed E-state index contributed by atoms with van der Waals surface area (Å²) in [6, 6.07) is 19.1. The van der Waals surface area contributed by atoms with Gasteiger partial charge in [-0.15, -0.1) is 5.11 Å². The van der Waals surface area contributed by atoms with Crippen LogP contribution in [-0.4, -0.2) is 65.8 Å². The van der Waals surface area contributed by atoms with E-state index in [2.05, 4.69) is 30.8 Å². The van der Waals surface area contributed by atoms with E-state index in [1.165, 1.54) is 0 Å². The Labute approximate surface area is 293 Å². The quantitative estimate of drug-likeness (QED) is 0.198. The molecule has 1 atom stereocenters. The highest BCUT2D eigenvalue weighted by atomic mass is 16.2. The number of amidine groups is 1. The molecule has 2 aromatic carbocycles. The van der Waals surface area contributed by atoms with Crippen LogP contribution in [0.25, 0.3) is 11.1 Å². The zero-order valence-electron chi connectivity index (χ0n) is 28.7. The van der Waals surface area contributed by atoms with Gasteiger partial charge in [0.05, 0.1) is 0 Å². The first-order chi connectivity index (χ1) is 24.2. The highest BCUT2D eigenvalue weighted by Gasteiger charge is 2.30. The third-order valence-electron chi connectivity index (χ3n) is 10.2. The van der Waals surface area contributed by atoms with Gasteiger partial charge in [-0.1, -0.05) is 30.3 Å². The average molecular weight is 678 g/mol. The lowest BCUT2D eigenvalue weighted by Crippen LogP contribution is -2.47. The van der Waals surface area contributed by atoms with Gasteiger partial charge in [0, 0.05) is 59.9 Å². The maximum Gasteiger partial charge on any atom is 0.270 e. The second-order valence-corrected chi connectivity index (χ2v) is 13.8. The van der Waals surface area contributed by atoms with Crippen LogP contribution < -0.4 is 22.2 Å². The molecule has 2 fully saturated rings. The number of aromatic nitrogens is 1. The Hall–Kier alpha value is -4.65. The SMILES string of the molecule is Cc1nc(C(=O)NC2CCN(N)CC2)ccc1-c1ccc(C[C@H](CC(=O)C2CCC(CN)CC2)C(=O)Nc2ccc(C3=NCN=N3)cc2)cc1. The Balaban J connectivity index is 1.13. The minimum absolute atomic E-state index is 0.0318. The van der Waals surface area contributed by atoms with E-state index in [1.807, 2.05) is 61.5 Å². The minimum atomic E-state index is -0.536. The molecule has 0 radical (unpaired) electrons. The number of benzene rings is 2. The fourth-order valence-corrected chi connectivity index (χ4v) is 7.11. The molecule has 0 unspecified atom stereocenters. The average Bonchev–Trinajstić information content (AvgIpc) is 3.68. The Morgan fingerprint density at radius 1 is 0.900 bits per heavy atom. The van der Waals surface area contributed by atoms with Crippen LogP contribution >= 0.6 is 0 Å². The highest BCUT2D eigenvalue weighted by molar-refractivity contribution is 6.01. The molecule has 6 N–H and O–H groups in total. The maximum atomic E-state index is 13.7. The van der Waals surface area contributed by atoms with Gasteiger partial charge in [0.25, 0.3) is 5.91 Å². The van der Waals surface area contributed by atoms with Crippen molar-refractivity contribution in [3.63, 3.8) is 0 Å². The first kappa shape index (κ1) is 35.2. The van der Waals surface area contributed by atoms with Crippen LogP contribution in [0, 0.1) is 24.7 Å². The number of nitrogens with one attached hydrogen (secondary N) is 2. The van der Waals surface area contributed by atoms with Crippen molar-refractivity contribution in [3.05, 3.63) is 83.2 Å². The van der Waals surface area contributed by atoms with E-state index in [4.69, 9.17) is 11.6 Å². The third-order valence-corrected chi connectivity index (χ3v) is 10.2. The molecule has 1 saturated heterocycles. The molecule has 0 bridgehead atoms. The molecular formula is C38H47N9O3. The lowest BCUT2D eigenvalue weighted by molar-refractivity contribution is -0.129. The number of ketones is 1. The molecule has 2 amide bonds. The van der Waals surface area contributed by atoms with Gasteiger partial charge in [-0.05, 0) is 106 Å². The molecule has 12 nitrogen and oxygen atoms in total. The number of hydrazine groups is 1. The van der Waals surface area contributed by atoms with Crippen LogP contribution in [0.5, 0.6) is 0 Å². The van der Waals surface area contributed by atoms with Crippen molar-refractivity contribution in [2.45, 2.75) is 64.3 Å². The number of amides is 2. The van der Waals surface area contributed by atoms with E-state index in [-0.39, 0.29) is 36.0 Å². The summed E-state index contributed by atoms with van der Waals surface area (Å²) in [6.45, 7) is 4.39. The van der Waals surface area contributed by atoms with Crippen LogP contribution in [0.1, 0.15) is 72.3 Å². The van der Waals surface area contributed by atoms with Gasteiger partial charge in [0.15, 0.2) is 12.5 Å². The molecule has 3 heterocycles. The number of nitrogens with zero attached hydrogens (tertiary/aromatic N) is 5. The van der Waals surface area contributed by atoms with Crippen molar-refractivity contribution >= 4 is 29.1 Å². The molecular weight excluding hydrogens is 630 g/mol. The van der Waals surface area contributed by atoms with E-state index in [9.17, 15) is 14.4 Å². The number of pyridine rings is 1. The summed E-state index contributed by atoms with van der Waals surface area (Å²) in [7, 11) is 0. The zero-order valence-corrected chi connectivity index (χ0v) is 28.7. The number of carbonyl (C=O) groups is 3. The Morgan fingerprint density at radius 3 is 2.24 bits per heavy atom. The number of rotatable bonds is 12. The van der Waals surface area contributed by atoms with Crippen molar-refractivity contribution in [2.24, 2.45) is 44.6 Å². The van der Waals surface area contributed by atoms with Crippen molar-refractivity contribution in [2.75, 3.05) is 31.6 Å². The monoisotopic (exact) mass is 677 g/mol. The topological polar surface area (TPSA) is 181 Å². The first-order valence-electron chi connectivity index (χ1n) is 17.7. The fourth-order valence-electron chi connectivity index (χ4n) is 7.11. The van der Waals surface area contributed by atoms with E-state index >= 15 is 0 Å². The number of anilines is 1. The van der Waals surface area contributed by atoms with Crippen LogP contribution in [0.2, 0.25) is 0 Å². The van der Waals surface area contributed by atoms with E-state index in [1.54, 1.807) is 11.1 Å². The number of aryl methyl sites for hydroxylation is 1. The van der Waals surface area contributed by atoms with Crippen LogP contribution in [-0.2, 0) is 16.0 Å². The molecule has 3 aliphatic rings. The summed E-state index contributed by atoms with van der Waals surface area (Å²) < 4.78 is 0. The molecule has 3 aromatic rings. The second-order valence-electron chi connectivity index (χ2n) is 13.8. The maximum absolute atomic E-state index is 13.7. The van der Waals surface area contributed by atoms with E-state index in [0.29, 0.717) is 42.8 Å². The van der Waals surface area contributed by atoms with Crippen LogP contribution in [0.4, 0.5) is 5.69 Å². The Morgan fingerprint density at radius 2 is 1.60 bits per heavy atom. The predicted molar refractivity (Wildman–Crippen MR) is 193 cm³/mol. The van der Waals surface area contributed by atoms with E-state index < -0.39 is 5.92 Å². The van der Waals surface area contributed by atoms with E-state index in [0.717, 1.165) is 79.6 Å². The highest BCUT2D eigenvalue weighted by Crippen LogP contribution is 2.31. The van der Waals surface area contributed by atoms with Crippen molar-refractivity contribution in [3.8, 4) is 11.1 Å². The predicted octanol–water partition coefficient (Wildman–Crippen LogP) is 4.82. The molecule has 12 heteroatoms. The molecule has 50 heavy (non-hydrogen) atoms. The van der Waals surface area contributed by atoms with Crippen molar-refractivity contribution in [1.29, 1.82) is 0 Å². The number of aliphatic imine (C=N–C) groups is 1. The molecule has 1 aromatic heterocycles. The summed E-state index contributed by atoms with van der Waals surface area (Å²) >= 11 is 0. The molecule has 6 rings (SSSR count). The largest absolute Gasteiger partial charge is 0.348 e. The standard InChI is InChI=1S/C38H47N9O3/c1-24-33(14-15-34(43-24)38(50)45-32-16-18-47(40)19-17-32)27-6-2-25(3-7-27)20-30(21-35(48)28-8-4-26(22-39)5-9-28)37(49)44-31-12-10-29(11-13-31)36-41-23-42-46-36/h2-3,6-7,10-15,26,28,30,32H,4-5,8-9,16-23,39-40H2,1H3,(H,44,49)(H,45,50)/t26?,28?,30-/m1/s1. The first-order valence-corrected chi connectivity index (χ1v) is 17.7. The molecule has 2 aliphatic heterocycles. The number of hydrogen-bond acceptors (Lipinski definition) is 10. The molecule has 262 valence electrons. The molecule has 0 spiro atoms. The summed E-state index contributed by atoms with van der Waals surface area (Å²) in [5.41, 5.74) is 11.3.